The van der Waals surface area contributed by atoms with E-state index in [0.717, 1.165) is 11.1 Å². The molecule has 0 bridgehead atoms. The third-order valence-corrected chi connectivity index (χ3v) is 4.73. The average molecular weight is 414 g/mol. The van der Waals surface area contributed by atoms with Gasteiger partial charge in [0.05, 0.1) is 16.5 Å². The van der Waals surface area contributed by atoms with Crippen LogP contribution < -0.4 is 10.3 Å². The van der Waals surface area contributed by atoms with Crippen LogP contribution in [0.2, 0.25) is 5.02 Å². The fourth-order valence-electron chi connectivity index (χ4n) is 2.98. The SMILES string of the molecule is N#C/C(=C/c1cccc(OCc2ccc(Cl)cc2)c1)c1nc2ccccc2c(=O)[nH]1. The molecule has 0 saturated carbocycles. The Bertz CT molecular complexity index is 1340. The second-order valence-electron chi connectivity index (χ2n) is 6.59. The summed E-state index contributed by atoms with van der Waals surface area (Å²) in [7, 11) is 0. The monoisotopic (exact) mass is 413 g/mol. The normalized spacial score (nSPS) is 11.3. The highest BCUT2D eigenvalue weighted by atomic mass is 35.5. The van der Waals surface area contributed by atoms with Crippen molar-refractivity contribution in [3.8, 4) is 11.8 Å². The highest BCUT2D eigenvalue weighted by molar-refractivity contribution is 6.30. The standard InChI is InChI=1S/C24H16ClN3O2/c25-19-10-8-16(9-11-19)15-30-20-5-3-4-17(13-20)12-18(14-26)23-27-22-7-2-1-6-21(22)24(29)28-23/h1-13H,15H2,(H,27,28,29)/b18-12-. The minimum atomic E-state index is -0.281. The predicted octanol–water partition coefficient (Wildman–Crippen LogP) is 5.22. The molecule has 0 aliphatic heterocycles. The molecule has 6 heteroatoms. The Kier molecular flexibility index (Phi) is 5.60. The summed E-state index contributed by atoms with van der Waals surface area (Å²) in [6.07, 6.45) is 1.67. The highest BCUT2D eigenvalue weighted by Crippen LogP contribution is 2.20. The molecule has 0 radical (unpaired) electrons. The lowest BCUT2D eigenvalue weighted by molar-refractivity contribution is 0.306. The van der Waals surface area contributed by atoms with E-state index in [9.17, 15) is 10.1 Å². The van der Waals surface area contributed by atoms with E-state index in [2.05, 4.69) is 16.0 Å². The molecule has 0 atom stereocenters. The molecule has 30 heavy (non-hydrogen) atoms. The summed E-state index contributed by atoms with van der Waals surface area (Å²) in [4.78, 5) is 19.4. The van der Waals surface area contributed by atoms with Crippen LogP contribution in [0.3, 0.4) is 0 Å². The van der Waals surface area contributed by atoms with Crippen LogP contribution in [-0.4, -0.2) is 9.97 Å². The van der Waals surface area contributed by atoms with Crippen molar-refractivity contribution in [2.75, 3.05) is 0 Å². The largest absolute Gasteiger partial charge is 0.489 e. The number of aromatic amines is 1. The second-order valence-corrected chi connectivity index (χ2v) is 7.03. The molecule has 0 saturated heterocycles. The van der Waals surface area contributed by atoms with Crippen molar-refractivity contribution >= 4 is 34.2 Å². The number of rotatable bonds is 5. The topological polar surface area (TPSA) is 78.8 Å². The van der Waals surface area contributed by atoms with Crippen molar-refractivity contribution in [3.63, 3.8) is 0 Å². The summed E-state index contributed by atoms with van der Waals surface area (Å²) in [6, 6.07) is 23.9. The minimum Gasteiger partial charge on any atom is -0.489 e. The zero-order valence-electron chi connectivity index (χ0n) is 15.8. The molecule has 5 nitrogen and oxygen atoms in total. The van der Waals surface area contributed by atoms with E-state index < -0.39 is 0 Å². The van der Waals surface area contributed by atoms with Crippen molar-refractivity contribution in [2.45, 2.75) is 6.61 Å². The number of aromatic nitrogens is 2. The fourth-order valence-corrected chi connectivity index (χ4v) is 3.10. The number of nitrogens with zero attached hydrogens (tertiary/aromatic N) is 2. The molecule has 0 spiro atoms. The van der Waals surface area contributed by atoms with Gasteiger partial charge >= 0.3 is 0 Å². The third kappa shape index (κ3) is 4.40. The van der Waals surface area contributed by atoms with Gasteiger partial charge in [0.2, 0.25) is 0 Å². The number of allylic oxidation sites excluding steroid dienone is 1. The Morgan fingerprint density at radius 3 is 2.70 bits per heavy atom. The van der Waals surface area contributed by atoms with Gasteiger partial charge in [0, 0.05) is 5.02 Å². The summed E-state index contributed by atoms with van der Waals surface area (Å²) >= 11 is 5.90. The van der Waals surface area contributed by atoms with Crippen LogP contribution in [0.4, 0.5) is 0 Å². The maximum Gasteiger partial charge on any atom is 0.259 e. The first-order valence-electron chi connectivity index (χ1n) is 9.21. The van der Waals surface area contributed by atoms with E-state index in [0.29, 0.717) is 28.3 Å². The molecule has 0 aliphatic rings. The number of hydrogen-bond donors (Lipinski definition) is 1. The second kappa shape index (κ2) is 8.64. The van der Waals surface area contributed by atoms with Gasteiger partial charge in [0.1, 0.15) is 18.4 Å². The number of fused-ring (bicyclic) bond motifs is 1. The van der Waals surface area contributed by atoms with Crippen LogP contribution in [0.15, 0.2) is 77.6 Å². The van der Waals surface area contributed by atoms with Gasteiger partial charge in [-0.25, -0.2) is 4.98 Å². The van der Waals surface area contributed by atoms with Crippen molar-refractivity contribution in [1.29, 1.82) is 5.26 Å². The number of H-pyrrole nitrogens is 1. The summed E-state index contributed by atoms with van der Waals surface area (Å²) in [5, 5.41) is 10.8. The van der Waals surface area contributed by atoms with Crippen LogP contribution in [0.25, 0.3) is 22.6 Å². The first kappa shape index (κ1) is 19.4. The molecule has 146 valence electrons. The van der Waals surface area contributed by atoms with Crippen LogP contribution in [0.5, 0.6) is 5.75 Å². The summed E-state index contributed by atoms with van der Waals surface area (Å²) < 4.78 is 5.84. The van der Waals surface area contributed by atoms with Gasteiger partial charge in [-0.3, -0.25) is 4.79 Å². The van der Waals surface area contributed by atoms with E-state index in [1.54, 1.807) is 30.3 Å². The van der Waals surface area contributed by atoms with Crippen molar-refractivity contribution in [2.24, 2.45) is 0 Å². The molecular formula is C24H16ClN3O2. The van der Waals surface area contributed by atoms with Gasteiger partial charge in [-0.1, -0.05) is 48.0 Å². The molecule has 0 fully saturated rings. The summed E-state index contributed by atoms with van der Waals surface area (Å²) in [5.41, 5.74) is 2.27. The van der Waals surface area contributed by atoms with Gasteiger partial charge in [0.25, 0.3) is 5.56 Å². The Morgan fingerprint density at radius 2 is 1.90 bits per heavy atom. The first-order valence-corrected chi connectivity index (χ1v) is 9.59. The van der Waals surface area contributed by atoms with Crippen LogP contribution in [0.1, 0.15) is 17.0 Å². The van der Waals surface area contributed by atoms with Crippen LogP contribution in [-0.2, 0) is 6.61 Å². The minimum absolute atomic E-state index is 0.230. The van der Waals surface area contributed by atoms with Crippen molar-refractivity contribution in [1.82, 2.24) is 9.97 Å². The molecule has 0 unspecified atom stereocenters. The van der Waals surface area contributed by atoms with Gasteiger partial charge < -0.3 is 9.72 Å². The lowest BCUT2D eigenvalue weighted by Gasteiger charge is -2.07. The van der Waals surface area contributed by atoms with Crippen LogP contribution in [0, 0.1) is 11.3 Å². The number of ether oxygens (including phenoxy) is 1. The maximum absolute atomic E-state index is 12.3. The van der Waals surface area contributed by atoms with Gasteiger partial charge in [0.15, 0.2) is 5.82 Å². The Morgan fingerprint density at radius 1 is 1.10 bits per heavy atom. The Labute approximate surface area is 177 Å². The van der Waals surface area contributed by atoms with E-state index >= 15 is 0 Å². The molecule has 1 heterocycles. The molecule has 0 aliphatic carbocycles. The number of hydrogen-bond acceptors (Lipinski definition) is 4. The molecule has 1 N–H and O–H groups in total. The lowest BCUT2D eigenvalue weighted by atomic mass is 10.1. The lowest BCUT2D eigenvalue weighted by Crippen LogP contribution is -2.11. The zero-order chi connectivity index (χ0) is 20.9. The van der Waals surface area contributed by atoms with Crippen molar-refractivity contribution < 1.29 is 4.74 Å². The number of nitriles is 1. The van der Waals surface area contributed by atoms with E-state index in [1.807, 2.05) is 48.5 Å². The van der Waals surface area contributed by atoms with Gasteiger partial charge in [-0.05, 0) is 53.6 Å². The maximum atomic E-state index is 12.3. The van der Waals surface area contributed by atoms with Gasteiger partial charge in [-0.2, -0.15) is 5.26 Å². The number of benzene rings is 3. The van der Waals surface area contributed by atoms with E-state index in [1.165, 1.54) is 0 Å². The predicted molar refractivity (Wildman–Crippen MR) is 118 cm³/mol. The Hall–Kier alpha value is -3.88. The Balaban J connectivity index is 1.60. The highest BCUT2D eigenvalue weighted by Gasteiger charge is 2.08. The number of nitrogens with one attached hydrogen (secondary N) is 1. The molecule has 4 aromatic rings. The van der Waals surface area contributed by atoms with E-state index in [4.69, 9.17) is 16.3 Å². The molecular weight excluding hydrogens is 398 g/mol. The smallest absolute Gasteiger partial charge is 0.259 e. The molecule has 4 rings (SSSR count). The van der Waals surface area contributed by atoms with E-state index in [-0.39, 0.29) is 17.0 Å². The molecule has 0 amide bonds. The average Bonchev–Trinajstić information content (AvgIpc) is 2.77. The van der Waals surface area contributed by atoms with Crippen LogP contribution >= 0.6 is 11.6 Å². The van der Waals surface area contributed by atoms with Crippen molar-refractivity contribution in [3.05, 3.63) is 105 Å². The summed E-state index contributed by atoms with van der Waals surface area (Å²) in [6.45, 7) is 0.398. The third-order valence-electron chi connectivity index (χ3n) is 4.48. The van der Waals surface area contributed by atoms with Gasteiger partial charge in [-0.15, -0.1) is 0 Å². The number of halogens is 1. The molecule has 3 aromatic carbocycles. The zero-order valence-corrected chi connectivity index (χ0v) is 16.6. The quantitative estimate of drug-likeness (QED) is 0.455. The summed E-state index contributed by atoms with van der Waals surface area (Å²) in [5.74, 6) is 0.893. The fraction of sp³-hybridized carbons (Fsp3) is 0.0417. The molecule has 1 aromatic heterocycles. The number of para-hydroxylation sites is 1. The first-order chi connectivity index (χ1) is 14.6.